The van der Waals surface area contributed by atoms with Crippen LogP contribution in [0.1, 0.15) is 51.5 Å². The number of amides is 1. The predicted molar refractivity (Wildman–Crippen MR) is 153 cm³/mol. The third-order valence-electron chi connectivity index (χ3n) is 5.78. The van der Waals surface area contributed by atoms with Crippen LogP contribution in [0.4, 0.5) is 11.5 Å². The number of hydrogen-bond acceptors (Lipinski definition) is 7. The molecule has 10 nitrogen and oxygen atoms in total. The van der Waals surface area contributed by atoms with Crippen molar-refractivity contribution in [2.75, 3.05) is 30.4 Å². The fourth-order valence-corrected chi connectivity index (χ4v) is 6.13. The van der Waals surface area contributed by atoms with Crippen molar-refractivity contribution in [1.82, 2.24) is 9.13 Å². The van der Waals surface area contributed by atoms with Gasteiger partial charge in [-0.15, -0.1) is 6.42 Å². The summed E-state index contributed by atoms with van der Waals surface area (Å²) < 4.78 is 26.2. The number of terminal acetylenes is 1. The molecule has 208 valence electrons. The van der Waals surface area contributed by atoms with E-state index in [9.17, 15) is 18.9 Å². The van der Waals surface area contributed by atoms with Crippen LogP contribution >= 0.6 is 23.5 Å². The number of aryl methyl sites for hydroxylation is 1. The van der Waals surface area contributed by atoms with Crippen LogP contribution in [0.2, 0.25) is 0 Å². The number of benzene rings is 1. The molecule has 12 heteroatoms. The highest BCUT2D eigenvalue weighted by Crippen LogP contribution is 2.48. The van der Waals surface area contributed by atoms with E-state index in [-0.39, 0.29) is 31.0 Å². The summed E-state index contributed by atoms with van der Waals surface area (Å²) in [4.78, 5) is 38.6. The largest absolute Gasteiger partial charge is 0.383 e. The quantitative estimate of drug-likeness (QED) is 0.163. The molecule has 0 bridgehead atoms. The van der Waals surface area contributed by atoms with Crippen LogP contribution < -0.4 is 22.3 Å². The Kier molecular flexibility index (Phi) is 13.0. The van der Waals surface area contributed by atoms with Crippen LogP contribution in [0, 0.1) is 12.3 Å². The minimum absolute atomic E-state index is 0.111. The van der Waals surface area contributed by atoms with Crippen molar-refractivity contribution < 1.29 is 18.4 Å². The van der Waals surface area contributed by atoms with Gasteiger partial charge < -0.3 is 20.1 Å². The normalized spacial score (nSPS) is 11.3. The Balaban J connectivity index is 2.08. The molecule has 2 aromatic rings. The number of anilines is 2. The smallest absolute Gasteiger partial charge is 0.333 e. The van der Waals surface area contributed by atoms with Crippen molar-refractivity contribution in [3.05, 3.63) is 55.1 Å². The average molecular weight is 611 g/mol. The van der Waals surface area contributed by atoms with E-state index in [1.54, 1.807) is 13.8 Å². The van der Waals surface area contributed by atoms with Crippen LogP contribution in [-0.2, 0) is 37.9 Å². The first-order valence-corrected chi connectivity index (χ1v) is 15.2. The topological polar surface area (TPSA) is 135 Å². The molecule has 3 N–H and O–H groups in total. The molecule has 1 heterocycles. The number of nitrogens with zero attached hydrogens (tertiary/aromatic N) is 2. The van der Waals surface area contributed by atoms with Gasteiger partial charge >= 0.3 is 13.3 Å². The third-order valence-corrected chi connectivity index (χ3v) is 8.72. The zero-order valence-corrected chi connectivity index (χ0v) is 24.4. The second-order valence-electron chi connectivity index (χ2n) is 8.51. The van der Waals surface area contributed by atoms with Crippen LogP contribution in [0.5, 0.6) is 0 Å². The molecule has 0 aliphatic carbocycles. The molecule has 0 aliphatic heterocycles. The SMILES string of the molecule is C#CCn1c(=O)c(NC(=O)CCc2ccccc2Br)c(N)n(CCCCCCP(=O)(OCC)OCC)c1=O. The Bertz CT molecular complexity index is 1290. The van der Waals surface area contributed by atoms with Gasteiger partial charge in [0.15, 0.2) is 0 Å². The van der Waals surface area contributed by atoms with Gasteiger partial charge in [0.25, 0.3) is 5.56 Å². The zero-order chi connectivity index (χ0) is 28.1. The highest BCUT2D eigenvalue weighted by Gasteiger charge is 2.22. The highest BCUT2D eigenvalue weighted by atomic mass is 79.9. The average Bonchev–Trinajstić information content (AvgIpc) is 2.88. The van der Waals surface area contributed by atoms with Crippen molar-refractivity contribution in [1.29, 1.82) is 0 Å². The number of nitrogens with one attached hydrogen (secondary N) is 1. The molecule has 0 saturated carbocycles. The molecule has 1 amide bonds. The summed E-state index contributed by atoms with van der Waals surface area (Å²) in [5.41, 5.74) is 5.62. The van der Waals surface area contributed by atoms with E-state index >= 15 is 0 Å². The van der Waals surface area contributed by atoms with Crippen molar-refractivity contribution in [3.63, 3.8) is 0 Å². The van der Waals surface area contributed by atoms with Crippen LogP contribution in [-0.4, -0.2) is 34.4 Å². The number of carbonyl (C=O) groups excluding carboxylic acids is 1. The molecule has 0 atom stereocenters. The number of unbranched alkanes of at least 4 members (excludes halogenated alkanes) is 3. The summed E-state index contributed by atoms with van der Waals surface area (Å²) in [7, 11) is -3.09. The lowest BCUT2D eigenvalue weighted by molar-refractivity contribution is -0.116. The number of carbonyl (C=O) groups is 1. The fraction of sp³-hybridized carbons (Fsp3) is 0.500. The molecule has 2 rings (SSSR count). The molecule has 0 fully saturated rings. The molecule has 1 aromatic carbocycles. The van der Waals surface area contributed by atoms with E-state index in [0.717, 1.165) is 21.0 Å². The Morgan fingerprint density at radius 2 is 1.76 bits per heavy atom. The molecule has 0 unspecified atom stereocenters. The first-order chi connectivity index (χ1) is 18.2. The Hall–Kier alpha value is -2.64. The van der Waals surface area contributed by atoms with E-state index in [4.69, 9.17) is 21.2 Å². The predicted octanol–water partition coefficient (Wildman–Crippen LogP) is 4.39. The maximum Gasteiger partial charge on any atom is 0.333 e. The Morgan fingerprint density at radius 3 is 2.39 bits per heavy atom. The molecule has 0 radical (unpaired) electrons. The van der Waals surface area contributed by atoms with Crippen LogP contribution in [0.15, 0.2) is 38.3 Å². The standard InChI is InChI=1S/C26H36BrN4O6P/c1-4-17-31-25(33)23(29-22(32)16-15-20-13-9-10-14-21(20)27)24(28)30(26(31)34)18-11-7-8-12-19-38(35,36-5-2)37-6-3/h1,9-10,13-14H,5-8,11-12,15-19,28H2,2-3H3,(H,29,32). The summed E-state index contributed by atoms with van der Waals surface area (Å²) >= 11 is 3.46. The third kappa shape index (κ3) is 8.98. The van der Waals surface area contributed by atoms with E-state index in [1.165, 1.54) is 4.57 Å². The minimum atomic E-state index is -3.09. The van der Waals surface area contributed by atoms with Gasteiger partial charge in [-0.3, -0.25) is 18.7 Å². The van der Waals surface area contributed by atoms with Gasteiger partial charge in [-0.05, 0) is 44.7 Å². The molecule has 1 aromatic heterocycles. The Morgan fingerprint density at radius 1 is 1.11 bits per heavy atom. The van der Waals surface area contributed by atoms with E-state index in [0.29, 0.717) is 45.1 Å². The lowest BCUT2D eigenvalue weighted by Crippen LogP contribution is -2.42. The van der Waals surface area contributed by atoms with Gasteiger partial charge in [0.2, 0.25) is 5.91 Å². The fourth-order valence-electron chi connectivity index (χ4n) is 3.92. The number of halogens is 1. The van der Waals surface area contributed by atoms with E-state index < -0.39 is 24.8 Å². The van der Waals surface area contributed by atoms with Gasteiger partial charge in [-0.2, -0.15) is 0 Å². The molecule has 0 saturated heterocycles. The van der Waals surface area contributed by atoms with Gasteiger partial charge in [0.05, 0.1) is 25.9 Å². The molecule has 38 heavy (non-hydrogen) atoms. The van der Waals surface area contributed by atoms with Crippen LogP contribution in [0.3, 0.4) is 0 Å². The van der Waals surface area contributed by atoms with Crippen molar-refractivity contribution in [2.45, 2.75) is 65.5 Å². The Labute approximate surface area is 231 Å². The second kappa shape index (κ2) is 15.7. The number of nitrogens with two attached hydrogens (primary N) is 1. The number of hydrogen-bond donors (Lipinski definition) is 2. The minimum Gasteiger partial charge on any atom is -0.383 e. The summed E-state index contributed by atoms with van der Waals surface area (Å²) in [5.74, 6) is 1.79. The van der Waals surface area contributed by atoms with Crippen molar-refractivity contribution >= 4 is 40.9 Å². The van der Waals surface area contributed by atoms with Gasteiger partial charge in [-0.25, -0.2) is 9.36 Å². The number of rotatable bonds is 16. The summed E-state index contributed by atoms with van der Waals surface area (Å²) in [6.07, 6.45) is 8.91. The lowest BCUT2D eigenvalue weighted by atomic mass is 10.1. The monoisotopic (exact) mass is 610 g/mol. The molecular weight excluding hydrogens is 575 g/mol. The first-order valence-electron chi connectivity index (χ1n) is 12.6. The lowest BCUT2D eigenvalue weighted by Gasteiger charge is -2.17. The maximum atomic E-state index is 12.9. The summed E-state index contributed by atoms with van der Waals surface area (Å²) in [6.45, 7) is 4.15. The van der Waals surface area contributed by atoms with Gasteiger partial charge in [0.1, 0.15) is 11.5 Å². The van der Waals surface area contributed by atoms with E-state index in [1.807, 2.05) is 24.3 Å². The van der Waals surface area contributed by atoms with E-state index in [2.05, 4.69) is 27.2 Å². The highest BCUT2D eigenvalue weighted by molar-refractivity contribution is 9.10. The summed E-state index contributed by atoms with van der Waals surface area (Å²) in [6, 6.07) is 7.54. The van der Waals surface area contributed by atoms with Crippen molar-refractivity contribution in [3.8, 4) is 12.3 Å². The second-order valence-corrected chi connectivity index (χ2v) is 11.6. The number of aromatic nitrogens is 2. The first kappa shape index (κ1) is 31.6. The number of nitrogen functional groups attached to an aromatic ring is 1. The zero-order valence-electron chi connectivity index (χ0n) is 21.9. The molecular formula is C26H36BrN4O6P. The summed E-state index contributed by atoms with van der Waals surface area (Å²) in [5, 5.41) is 2.59. The van der Waals surface area contributed by atoms with Gasteiger partial charge in [0, 0.05) is 17.4 Å². The van der Waals surface area contributed by atoms with Crippen molar-refractivity contribution in [2.24, 2.45) is 0 Å². The molecule has 0 aliphatic rings. The maximum absolute atomic E-state index is 12.9. The van der Waals surface area contributed by atoms with Crippen LogP contribution in [0.25, 0.3) is 0 Å². The van der Waals surface area contributed by atoms with Gasteiger partial charge in [-0.1, -0.05) is 52.9 Å². The molecule has 0 spiro atoms.